The quantitative estimate of drug-likeness (QED) is 0.247. The zero-order valence-corrected chi connectivity index (χ0v) is 26.7. The van der Waals surface area contributed by atoms with E-state index in [1.54, 1.807) is 7.11 Å². The molecule has 0 bridgehead atoms. The number of aromatic nitrogens is 1. The van der Waals surface area contributed by atoms with Crippen molar-refractivity contribution in [1.82, 2.24) is 9.88 Å². The van der Waals surface area contributed by atoms with Crippen LogP contribution in [0.4, 0.5) is 5.82 Å². The number of amides is 1. The van der Waals surface area contributed by atoms with Crippen LogP contribution in [0.2, 0.25) is 0 Å². The van der Waals surface area contributed by atoms with Crippen LogP contribution in [-0.2, 0) is 32.0 Å². The second kappa shape index (κ2) is 17.2. The molecule has 1 aromatic heterocycles. The average molecular weight is 628 g/mol. The summed E-state index contributed by atoms with van der Waals surface area (Å²) in [7, 11) is 1.57. The highest BCUT2D eigenvalue weighted by atomic mass is 32.2. The molecule has 2 N–H and O–H groups in total. The predicted molar refractivity (Wildman–Crippen MR) is 171 cm³/mol. The van der Waals surface area contributed by atoms with Crippen molar-refractivity contribution in [3.8, 4) is 11.5 Å². The number of ether oxygens (including phenoxy) is 3. The Hall–Kier alpha value is -3.31. The molecule has 11 heteroatoms. The second-order valence-corrected chi connectivity index (χ2v) is 12.7. The van der Waals surface area contributed by atoms with E-state index in [-0.39, 0.29) is 23.4 Å². The number of hydrogen-bond acceptors (Lipinski definition) is 9. The van der Waals surface area contributed by atoms with Crippen molar-refractivity contribution in [1.29, 1.82) is 0 Å². The van der Waals surface area contributed by atoms with Gasteiger partial charge in [0.05, 0.1) is 26.7 Å². The molecule has 2 aliphatic heterocycles. The molecule has 1 atom stereocenters. The lowest BCUT2D eigenvalue weighted by Gasteiger charge is -2.34. The number of benzene rings is 1. The van der Waals surface area contributed by atoms with Gasteiger partial charge in [-0.25, -0.2) is 4.98 Å². The molecule has 240 valence electrons. The summed E-state index contributed by atoms with van der Waals surface area (Å²) in [6.45, 7) is 5.04. The van der Waals surface area contributed by atoms with Gasteiger partial charge in [0.15, 0.2) is 16.6 Å². The zero-order valence-electron chi connectivity index (χ0n) is 25.8. The molecule has 0 saturated carbocycles. The Balaban J connectivity index is 1.25. The molecule has 1 amide bonds. The first-order valence-corrected chi connectivity index (χ1v) is 16.5. The molecule has 0 radical (unpaired) electrons. The normalized spacial score (nSPS) is 15.6. The van der Waals surface area contributed by atoms with Gasteiger partial charge in [-0.15, -0.1) is 0 Å². The Morgan fingerprint density at radius 3 is 2.68 bits per heavy atom. The highest BCUT2D eigenvalue weighted by Gasteiger charge is 2.27. The lowest BCUT2D eigenvalue weighted by Crippen LogP contribution is -2.39. The zero-order chi connectivity index (χ0) is 31.3. The number of carbonyl (C=O) groups excluding carboxylic acids is 2. The van der Waals surface area contributed by atoms with E-state index in [1.165, 1.54) is 24.2 Å². The number of pyridine rings is 1. The number of carboxylic acid groups (broad SMARTS) is 1. The number of carboxylic acids is 1. The highest BCUT2D eigenvalue weighted by Crippen LogP contribution is 2.37. The molecular weight excluding hydrogens is 582 g/mol. The van der Waals surface area contributed by atoms with Gasteiger partial charge in [0.2, 0.25) is 5.91 Å². The Kier molecular flexibility index (Phi) is 13.2. The van der Waals surface area contributed by atoms with Gasteiger partial charge in [0.25, 0.3) is 0 Å². The van der Waals surface area contributed by atoms with Crippen molar-refractivity contribution < 1.29 is 33.7 Å². The summed E-state index contributed by atoms with van der Waals surface area (Å²) in [5.41, 5.74) is 3.09. The highest BCUT2D eigenvalue weighted by molar-refractivity contribution is 8.13. The number of nitrogens with one attached hydrogen (secondary N) is 1. The molecule has 10 nitrogen and oxygen atoms in total. The van der Waals surface area contributed by atoms with Crippen LogP contribution in [0.5, 0.6) is 11.5 Å². The summed E-state index contributed by atoms with van der Waals surface area (Å²) in [6, 6.07) is 9.77. The Morgan fingerprint density at radius 1 is 1.11 bits per heavy atom. The smallest absolute Gasteiger partial charge is 0.303 e. The van der Waals surface area contributed by atoms with Crippen LogP contribution in [-0.4, -0.2) is 84.3 Å². The van der Waals surface area contributed by atoms with Gasteiger partial charge in [0.1, 0.15) is 12.4 Å². The number of rotatable bonds is 16. The van der Waals surface area contributed by atoms with E-state index in [0.717, 1.165) is 55.7 Å². The fraction of sp³-hybridized carbons (Fsp3) is 0.576. The fourth-order valence-corrected chi connectivity index (χ4v) is 6.37. The fourth-order valence-electron chi connectivity index (χ4n) is 5.88. The lowest BCUT2D eigenvalue weighted by atomic mass is 9.82. The van der Waals surface area contributed by atoms with Gasteiger partial charge in [-0.05, 0) is 79.7 Å². The molecule has 4 rings (SSSR count). The predicted octanol–water partition coefficient (Wildman–Crippen LogP) is 4.94. The van der Waals surface area contributed by atoms with Gasteiger partial charge in [-0.3, -0.25) is 14.4 Å². The number of methoxy groups -OCH3 is 1. The summed E-state index contributed by atoms with van der Waals surface area (Å²) in [5, 5.41) is 13.1. The minimum Gasteiger partial charge on any atom is -0.493 e. The van der Waals surface area contributed by atoms with Crippen molar-refractivity contribution in [2.75, 3.05) is 57.6 Å². The van der Waals surface area contributed by atoms with E-state index in [2.05, 4.69) is 11.4 Å². The van der Waals surface area contributed by atoms with Crippen LogP contribution < -0.4 is 14.8 Å². The van der Waals surface area contributed by atoms with Crippen molar-refractivity contribution >= 4 is 34.6 Å². The van der Waals surface area contributed by atoms with Crippen molar-refractivity contribution in [2.24, 2.45) is 5.92 Å². The molecule has 44 heavy (non-hydrogen) atoms. The maximum atomic E-state index is 13.0. The molecular formula is C33H45N3O7S. The summed E-state index contributed by atoms with van der Waals surface area (Å²) in [4.78, 5) is 42.4. The van der Waals surface area contributed by atoms with Crippen LogP contribution in [0.1, 0.15) is 68.2 Å². The van der Waals surface area contributed by atoms with Crippen LogP contribution in [0.25, 0.3) is 0 Å². The Bertz CT molecular complexity index is 1270. The first kappa shape index (κ1) is 33.6. The van der Waals surface area contributed by atoms with Crippen LogP contribution >= 0.6 is 11.8 Å². The second-order valence-electron chi connectivity index (χ2n) is 11.4. The number of carbonyl (C=O) groups is 3. The number of anilines is 1. The molecule has 1 saturated heterocycles. The molecule has 1 unspecified atom stereocenters. The Morgan fingerprint density at radius 2 is 1.93 bits per heavy atom. The monoisotopic (exact) mass is 627 g/mol. The summed E-state index contributed by atoms with van der Waals surface area (Å²) >= 11 is 1.23. The first-order valence-electron chi connectivity index (χ1n) is 15.6. The molecule has 1 aromatic carbocycles. The average Bonchev–Trinajstić information content (AvgIpc) is 3.02. The largest absolute Gasteiger partial charge is 0.493 e. The van der Waals surface area contributed by atoms with E-state index < -0.39 is 5.97 Å². The van der Waals surface area contributed by atoms with Gasteiger partial charge >= 0.3 is 5.97 Å². The molecule has 0 aliphatic carbocycles. The van der Waals surface area contributed by atoms with E-state index >= 15 is 0 Å². The van der Waals surface area contributed by atoms with Gasteiger partial charge in [0, 0.05) is 44.4 Å². The third-order valence-corrected chi connectivity index (χ3v) is 9.01. The third-order valence-electron chi connectivity index (χ3n) is 8.23. The summed E-state index contributed by atoms with van der Waals surface area (Å²) in [5.74, 6) is 2.16. The van der Waals surface area contributed by atoms with Crippen molar-refractivity contribution in [2.45, 2.75) is 64.2 Å². The number of hydrogen-bond donors (Lipinski definition) is 2. The van der Waals surface area contributed by atoms with Gasteiger partial charge in [-0.1, -0.05) is 23.9 Å². The maximum absolute atomic E-state index is 13.0. The van der Waals surface area contributed by atoms with Crippen molar-refractivity contribution in [3.63, 3.8) is 0 Å². The van der Waals surface area contributed by atoms with Gasteiger partial charge in [-0.2, -0.15) is 0 Å². The Labute approximate surface area is 264 Å². The number of piperidine rings is 1. The SMILES string of the molecule is COc1cc(C(CC(=O)O)CC2CCN(C(=O)CCc3ccc4c(n3)NCCC4)CC2)ccc1OCCOCCSC(C)=O. The van der Waals surface area contributed by atoms with Crippen LogP contribution in [0.3, 0.4) is 0 Å². The number of aryl methyl sites for hydroxylation is 2. The van der Waals surface area contributed by atoms with Gasteiger partial charge < -0.3 is 29.5 Å². The van der Waals surface area contributed by atoms with Crippen LogP contribution in [0, 0.1) is 5.92 Å². The molecule has 2 aliphatic rings. The number of nitrogens with zero attached hydrogens (tertiary/aromatic N) is 2. The third kappa shape index (κ3) is 10.4. The summed E-state index contributed by atoms with van der Waals surface area (Å²) in [6.07, 6.45) is 5.70. The maximum Gasteiger partial charge on any atom is 0.303 e. The minimum absolute atomic E-state index is 0.0251. The standard InChI is InChI=1S/C33H45N3O7S/c1-23(37)44-19-18-42-16-17-43-29-9-6-26(21-30(29)41-2)27(22-32(39)40)20-24-11-14-36(15-12-24)31(38)10-8-28-7-5-25-4-3-13-34-33(25)35-28/h5-7,9,21,24,27H,3-4,8,10-20,22H2,1-2H3,(H,34,35)(H,39,40). The number of likely N-dealkylation sites (tertiary alicyclic amines) is 1. The summed E-state index contributed by atoms with van der Waals surface area (Å²) < 4.78 is 16.9. The van der Waals surface area contributed by atoms with E-state index in [0.29, 0.717) is 68.9 Å². The molecule has 3 heterocycles. The molecule has 0 spiro atoms. The van der Waals surface area contributed by atoms with E-state index in [1.807, 2.05) is 29.2 Å². The van der Waals surface area contributed by atoms with Crippen LogP contribution in [0.15, 0.2) is 30.3 Å². The first-order chi connectivity index (χ1) is 21.3. The van der Waals surface area contributed by atoms with Crippen molar-refractivity contribution in [3.05, 3.63) is 47.2 Å². The topological polar surface area (TPSA) is 127 Å². The van der Waals surface area contributed by atoms with E-state index in [9.17, 15) is 19.5 Å². The van der Waals surface area contributed by atoms with E-state index in [4.69, 9.17) is 19.2 Å². The minimum atomic E-state index is -0.840. The lowest BCUT2D eigenvalue weighted by molar-refractivity contribution is -0.137. The number of fused-ring (bicyclic) bond motifs is 1. The number of thioether (sulfide) groups is 1. The number of aliphatic carboxylic acids is 1. The molecule has 2 aromatic rings. The molecule has 1 fully saturated rings.